The van der Waals surface area contributed by atoms with E-state index in [9.17, 15) is 0 Å². The SMILES string of the molecule is [AlH3].[AlH3].[GaH3].[InH3]. The van der Waals surface area contributed by atoms with Crippen molar-refractivity contribution in [2.45, 2.75) is 0 Å². The van der Waals surface area contributed by atoms with Crippen LogP contribution in [-0.2, 0) is 0 Å². The topological polar surface area (TPSA) is 0 Å². The van der Waals surface area contributed by atoms with Crippen LogP contribution >= 0.6 is 0 Å². The van der Waals surface area contributed by atoms with Crippen LogP contribution < -0.4 is 0 Å². The third kappa shape index (κ3) is 8.82. The summed E-state index contributed by atoms with van der Waals surface area (Å²) in [5.74, 6) is 0. The molecular formula is H12Al2GaIn. The zero-order valence-corrected chi connectivity index (χ0v) is 0. The number of rotatable bonds is 0. The van der Waals surface area contributed by atoms with E-state index in [0.29, 0.717) is 0 Å². The molecular weight excluding hydrogens is 239 g/mol. The summed E-state index contributed by atoms with van der Waals surface area (Å²) in [5, 5.41) is 0. The van der Waals surface area contributed by atoms with Gasteiger partial charge in [0.2, 0.25) is 0 Å². The molecule has 0 amide bonds. The Morgan fingerprint density at radius 3 is 0.750 bits per heavy atom. The number of hydrogen-bond acceptors (Lipinski definition) is 0. The van der Waals surface area contributed by atoms with Crippen molar-refractivity contribution >= 4 is 80.4 Å². The maximum atomic E-state index is 0. The van der Waals surface area contributed by atoms with Gasteiger partial charge in [0.1, 0.15) is 0 Å². The van der Waals surface area contributed by atoms with Crippen LogP contribution in [0.25, 0.3) is 0 Å². The van der Waals surface area contributed by atoms with Crippen molar-refractivity contribution in [1.82, 2.24) is 0 Å². The summed E-state index contributed by atoms with van der Waals surface area (Å²) in [6.07, 6.45) is 0. The Hall–Kier alpha value is 2.57. The molecule has 0 bridgehead atoms. The van der Waals surface area contributed by atoms with Crippen molar-refractivity contribution in [2.75, 3.05) is 0 Å². The normalized spacial score (nSPS) is 0. The van der Waals surface area contributed by atoms with Crippen molar-refractivity contribution in [3.63, 3.8) is 0 Å². The van der Waals surface area contributed by atoms with E-state index >= 15 is 0 Å². The van der Waals surface area contributed by atoms with E-state index in [2.05, 4.69) is 0 Å². The molecule has 0 aromatic heterocycles. The average molecular weight is 251 g/mol. The second-order valence-corrected chi connectivity index (χ2v) is 0. The van der Waals surface area contributed by atoms with Crippen molar-refractivity contribution in [3.8, 4) is 0 Å². The van der Waals surface area contributed by atoms with Gasteiger partial charge in [-0.2, -0.15) is 0 Å². The molecule has 4 heteroatoms. The van der Waals surface area contributed by atoms with Gasteiger partial charge in [0, 0.05) is 0 Å². The van der Waals surface area contributed by atoms with Gasteiger partial charge in [0.05, 0.1) is 0 Å². The van der Waals surface area contributed by atoms with Crippen LogP contribution in [0.15, 0.2) is 0 Å². The molecule has 0 saturated carbocycles. The Bertz CT molecular complexity index is 6.00. The Morgan fingerprint density at radius 1 is 0.750 bits per heavy atom. The summed E-state index contributed by atoms with van der Waals surface area (Å²) >= 11 is 0. The molecule has 0 N–H and O–H groups in total. The van der Waals surface area contributed by atoms with Crippen molar-refractivity contribution in [2.24, 2.45) is 0 Å². The van der Waals surface area contributed by atoms with Crippen molar-refractivity contribution < 1.29 is 0 Å². The molecule has 0 aliphatic rings. The van der Waals surface area contributed by atoms with Gasteiger partial charge in [-0.1, -0.05) is 0 Å². The monoisotopic (exact) mass is 250 g/mol. The van der Waals surface area contributed by atoms with Gasteiger partial charge in [0.15, 0.2) is 34.7 Å². The molecule has 0 aliphatic carbocycles. The van der Waals surface area contributed by atoms with E-state index in [0.717, 1.165) is 0 Å². The fourth-order valence-corrected chi connectivity index (χ4v) is 0. The maximum absolute atomic E-state index is 0. The molecule has 0 rings (SSSR count). The van der Waals surface area contributed by atoms with E-state index in [1.807, 2.05) is 0 Å². The molecule has 4 heavy (non-hydrogen) atoms. The first-order chi connectivity index (χ1) is 0. The minimum absolute atomic E-state index is 0. The Balaban J connectivity index is 0. The summed E-state index contributed by atoms with van der Waals surface area (Å²) in [6, 6.07) is 0. The van der Waals surface area contributed by atoms with Crippen LogP contribution in [0, 0.1) is 0 Å². The van der Waals surface area contributed by atoms with Crippen LogP contribution in [0.5, 0.6) is 0 Å². The molecule has 0 spiro atoms. The first-order valence-electron chi connectivity index (χ1n) is 0. The second kappa shape index (κ2) is 17.6. The van der Waals surface area contributed by atoms with Gasteiger partial charge < -0.3 is 0 Å². The molecule has 0 unspecified atom stereocenters. The van der Waals surface area contributed by atoms with Gasteiger partial charge in [0.25, 0.3) is 0 Å². The summed E-state index contributed by atoms with van der Waals surface area (Å²) in [5.41, 5.74) is 0. The van der Waals surface area contributed by atoms with Gasteiger partial charge in [-0.3, -0.25) is 0 Å². The van der Waals surface area contributed by atoms with Gasteiger partial charge in [-0.25, -0.2) is 0 Å². The molecule has 0 aromatic carbocycles. The summed E-state index contributed by atoms with van der Waals surface area (Å²) < 4.78 is 0. The van der Waals surface area contributed by atoms with Crippen LogP contribution in [0.1, 0.15) is 0 Å². The van der Waals surface area contributed by atoms with Crippen LogP contribution in [-0.4, -0.2) is 80.4 Å². The predicted molar refractivity (Wildman–Crippen MR) is 39.8 cm³/mol. The Labute approximate surface area is 79.2 Å². The van der Waals surface area contributed by atoms with E-state index in [-0.39, 0.29) is 80.4 Å². The molecule has 0 saturated heterocycles. The van der Waals surface area contributed by atoms with Gasteiger partial charge in [-0.05, 0) is 0 Å². The van der Waals surface area contributed by atoms with Gasteiger partial charge >= 0.3 is 45.6 Å². The first-order valence-corrected chi connectivity index (χ1v) is 0. The molecule has 0 nitrogen and oxygen atoms in total. The fraction of sp³-hybridized carbons (Fsp3) is 0. The summed E-state index contributed by atoms with van der Waals surface area (Å²) in [6.45, 7) is 0. The quantitative estimate of drug-likeness (QED) is 0.379. The summed E-state index contributed by atoms with van der Waals surface area (Å²) in [7, 11) is 0. The molecule has 0 aliphatic heterocycles. The molecule has 0 atom stereocenters. The Morgan fingerprint density at radius 2 is 0.750 bits per heavy atom. The molecule has 0 radical (unpaired) electrons. The van der Waals surface area contributed by atoms with E-state index in [1.165, 1.54) is 0 Å². The van der Waals surface area contributed by atoms with E-state index < -0.39 is 0 Å². The van der Waals surface area contributed by atoms with Crippen LogP contribution in [0.3, 0.4) is 0 Å². The average Bonchev–Trinajstić information content (AvgIpc) is 0. The zero-order chi connectivity index (χ0) is 0. The second-order valence-electron chi connectivity index (χ2n) is 0. The molecule has 24 valence electrons. The standard InChI is InChI=1S/2Al.Ga.In.12H. The molecule has 0 aromatic rings. The van der Waals surface area contributed by atoms with Crippen molar-refractivity contribution in [1.29, 1.82) is 0 Å². The summed E-state index contributed by atoms with van der Waals surface area (Å²) in [4.78, 5) is 0. The number of hydrogen-bond donors (Lipinski definition) is 0. The third-order valence-corrected chi connectivity index (χ3v) is 0. The van der Waals surface area contributed by atoms with E-state index in [1.54, 1.807) is 0 Å². The van der Waals surface area contributed by atoms with E-state index in [4.69, 9.17) is 0 Å². The predicted octanol–water partition coefficient (Wildman–Crippen LogP) is -4.74. The van der Waals surface area contributed by atoms with Crippen molar-refractivity contribution in [3.05, 3.63) is 0 Å². The Kier molecular flexibility index (Phi) is 136. The van der Waals surface area contributed by atoms with Gasteiger partial charge in [-0.15, -0.1) is 0 Å². The minimum atomic E-state index is 0. The zero-order valence-electron chi connectivity index (χ0n) is 0. The van der Waals surface area contributed by atoms with Crippen LogP contribution in [0.2, 0.25) is 0 Å². The van der Waals surface area contributed by atoms with Crippen LogP contribution in [0.4, 0.5) is 0 Å². The fourth-order valence-electron chi connectivity index (χ4n) is 0. The third-order valence-electron chi connectivity index (χ3n) is 0. The first kappa shape index (κ1) is 30.8. The molecule has 0 heterocycles. The molecule has 0 fully saturated rings.